The Kier molecular flexibility index (Phi) is 45.6. The zero-order valence-electron chi connectivity index (χ0n) is 94.5. The van der Waals surface area contributed by atoms with E-state index in [4.69, 9.17) is 49.8 Å². The summed E-state index contributed by atoms with van der Waals surface area (Å²) in [7, 11) is 0. The maximum absolute atomic E-state index is 5.26. The van der Waals surface area contributed by atoms with Gasteiger partial charge in [-0.1, -0.05) is 222 Å². The standard InChI is InChI=1S/4C26H40N2.C24H12N6.2Ru/c4*1-9-17-19(11-3)23(15-7)27-25(21(17)13-5)26-22(14-6)18(10-2)20(12-4)24(16-8)28-26;1-5-13-17(25-9-1)18-14(6-2-10-26-18)22-21(13)29-23-15-7-3-11-27-19(15)20-16(24(23)30-22)8-4-12-28-20;;/h4*9-16H2,1-8H3;1-12H;;/q;;;;;2*+2. The Bertz CT molecular complexity index is 5870. The molecule has 2 aromatic carbocycles. The van der Waals surface area contributed by atoms with Crippen LogP contribution in [-0.2, 0) is 244 Å². The average Bonchev–Trinajstić information content (AvgIpc) is 0.714. The van der Waals surface area contributed by atoms with Gasteiger partial charge in [-0.25, -0.2) is 9.97 Å². The number of fused-ring (bicyclic) bond motifs is 12. The SMILES string of the molecule is CCc1nc(-c2nc(CC)c(CC)c(CC)c2CC)c(CC)c(CC)c1CC.CCc1nc(-c2nc(CC)c(CC)c(CC)c2CC)c(CC)c(CC)c1CC.CCc1nc(-c2nc(CC)c(CC)c(CC)c2CC)c(CC)c(CC)c1CC.CCc1nc(-c2nc(CC)c(CC)c(CC)c2CC)c(CC)c(CC)c1CC.[Ru+2].[Ru+2].c1cnc2c(c1)c1nc3c4cccnc4c4ncccc4c3nc1c1cccnc12. The molecule has 0 saturated heterocycles. The van der Waals surface area contributed by atoms with Gasteiger partial charge in [0.1, 0.15) is 0 Å². The van der Waals surface area contributed by atoms with Gasteiger partial charge in [-0.3, -0.25) is 59.8 Å². The smallest absolute Gasteiger partial charge is 0.254 e. The summed E-state index contributed by atoms with van der Waals surface area (Å²) in [6, 6.07) is 15.8. The number of hydrogen-bond donors (Lipinski definition) is 0. The summed E-state index contributed by atoms with van der Waals surface area (Å²) in [5, 5.41) is 3.76. The van der Waals surface area contributed by atoms with Crippen molar-refractivity contribution < 1.29 is 39.0 Å². The van der Waals surface area contributed by atoms with Crippen molar-refractivity contribution in [3.05, 3.63) is 252 Å². The summed E-state index contributed by atoms with van der Waals surface area (Å²) >= 11 is 0. The van der Waals surface area contributed by atoms with Crippen LogP contribution in [0.4, 0.5) is 0 Å². The van der Waals surface area contributed by atoms with Crippen LogP contribution < -0.4 is 0 Å². The van der Waals surface area contributed by atoms with E-state index in [-0.39, 0.29) is 39.0 Å². The van der Waals surface area contributed by atoms with E-state index in [1.54, 1.807) is 24.8 Å². The largest absolute Gasteiger partial charge is 2.00 e. The molecule has 0 aliphatic rings. The number of nitrogens with zero attached hydrogens (tertiary/aromatic N) is 14. The van der Waals surface area contributed by atoms with Gasteiger partial charge in [-0.2, -0.15) is 0 Å². The third kappa shape index (κ3) is 23.0. The summed E-state index contributed by atoms with van der Waals surface area (Å²) in [4.78, 5) is 70.8. The van der Waals surface area contributed by atoms with Crippen LogP contribution in [0.1, 0.15) is 401 Å². The van der Waals surface area contributed by atoms with Crippen molar-refractivity contribution in [1.29, 1.82) is 0 Å². The fraction of sp³-hybridized carbons (Fsp3) is 0.500. The minimum atomic E-state index is 0. The molecular formula is C128H172N14Ru2+4. The molecule has 0 N–H and O–H groups in total. The van der Waals surface area contributed by atoms with Crippen LogP contribution >= 0.6 is 0 Å². The minimum absolute atomic E-state index is 0. The zero-order chi connectivity index (χ0) is 103. The molecule has 13 heterocycles. The zero-order valence-corrected chi connectivity index (χ0v) is 98.0. The van der Waals surface area contributed by atoms with E-state index < -0.39 is 0 Å². The second-order valence-electron chi connectivity index (χ2n) is 37.3. The van der Waals surface area contributed by atoms with Crippen molar-refractivity contribution in [2.24, 2.45) is 0 Å². The molecule has 0 unspecified atom stereocenters. The van der Waals surface area contributed by atoms with Gasteiger partial charge in [-0.05, 0) is 388 Å². The number of benzene rings is 2. The van der Waals surface area contributed by atoms with Crippen LogP contribution in [0.2, 0.25) is 0 Å². The van der Waals surface area contributed by atoms with Gasteiger partial charge in [0.15, 0.2) is 0 Å². The van der Waals surface area contributed by atoms with E-state index in [9.17, 15) is 0 Å². The Labute approximate surface area is 892 Å². The van der Waals surface area contributed by atoms with Gasteiger partial charge in [-0.15, -0.1) is 0 Å². The Balaban J connectivity index is 0.000000200. The summed E-state index contributed by atoms with van der Waals surface area (Å²) in [6.45, 7) is 72.6. The topological polar surface area (TPSA) is 180 Å². The summed E-state index contributed by atoms with van der Waals surface area (Å²) in [5.74, 6) is 0. The van der Waals surface area contributed by atoms with E-state index in [1.807, 2.05) is 48.5 Å². The van der Waals surface area contributed by atoms with Crippen LogP contribution in [0.5, 0.6) is 0 Å². The van der Waals surface area contributed by atoms with E-state index in [2.05, 4.69) is 241 Å². The molecule has 16 heteroatoms. The molecule has 13 aromatic heterocycles. The fourth-order valence-electron chi connectivity index (χ4n) is 24.2. The van der Waals surface area contributed by atoms with E-state index >= 15 is 0 Å². The second kappa shape index (κ2) is 55.8. The van der Waals surface area contributed by atoms with Gasteiger partial charge in [0.05, 0.1) is 89.7 Å². The molecule has 144 heavy (non-hydrogen) atoms. The Morgan fingerprint density at radius 3 is 0.333 bits per heavy atom. The first-order valence-corrected chi connectivity index (χ1v) is 56.2. The Morgan fingerprint density at radius 1 is 0.125 bits per heavy atom. The second-order valence-corrected chi connectivity index (χ2v) is 37.3. The van der Waals surface area contributed by atoms with Gasteiger partial charge in [0.25, 0.3) is 0 Å². The van der Waals surface area contributed by atoms with Gasteiger partial charge < -0.3 is 0 Å². The average molecular weight is 2110 g/mol. The number of rotatable bonds is 36. The quantitative estimate of drug-likeness (QED) is 0.0205. The molecule has 0 saturated carbocycles. The maximum Gasteiger partial charge on any atom is 2.00 e. The molecule has 0 aliphatic carbocycles. The predicted octanol–water partition coefficient (Wildman–Crippen LogP) is 31.5. The molecule has 0 atom stereocenters. The monoisotopic (exact) mass is 2110 g/mol. The van der Waals surface area contributed by atoms with Crippen molar-refractivity contribution in [2.75, 3.05) is 0 Å². The first-order valence-electron chi connectivity index (χ1n) is 56.2. The van der Waals surface area contributed by atoms with Crippen molar-refractivity contribution in [3.63, 3.8) is 0 Å². The molecule has 15 aromatic rings. The molecule has 0 spiro atoms. The summed E-state index contributed by atoms with van der Waals surface area (Å²) in [5.41, 5.74) is 61.4. The Morgan fingerprint density at radius 2 is 0.236 bits per heavy atom. The third-order valence-electron chi connectivity index (χ3n) is 30.5. The molecule has 0 fully saturated rings. The van der Waals surface area contributed by atoms with Gasteiger partial charge >= 0.3 is 39.0 Å². The van der Waals surface area contributed by atoms with Crippen molar-refractivity contribution in [3.8, 4) is 45.6 Å². The number of aryl methyl sites for hydroxylation is 8. The van der Waals surface area contributed by atoms with Crippen LogP contribution in [-0.4, -0.2) is 69.8 Å². The first kappa shape index (κ1) is 118. The molecule has 0 aliphatic heterocycles. The number of hydrogen-bond acceptors (Lipinski definition) is 14. The molecule has 0 amide bonds. The molecule has 14 nitrogen and oxygen atoms in total. The summed E-state index contributed by atoms with van der Waals surface area (Å²) in [6.07, 6.45) is 40.3. The van der Waals surface area contributed by atoms with Crippen molar-refractivity contribution in [1.82, 2.24) is 69.8 Å². The van der Waals surface area contributed by atoms with Crippen molar-refractivity contribution in [2.45, 2.75) is 427 Å². The molecular weight excluding hydrogens is 1940 g/mol. The van der Waals surface area contributed by atoms with Crippen LogP contribution in [0.25, 0.3) is 111 Å². The summed E-state index contributed by atoms with van der Waals surface area (Å²) < 4.78 is 0. The predicted molar refractivity (Wildman–Crippen MR) is 608 cm³/mol. The molecule has 0 radical (unpaired) electrons. The Hall–Kier alpha value is -9.87. The number of pyridine rings is 12. The molecule has 15 rings (SSSR count). The van der Waals surface area contributed by atoms with Gasteiger partial charge in [0, 0.05) is 91.9 Å². The minimum Gasteiger partial charge on any atom is -0.254 e. The maximum atomic E-state index is 5.26. The number of aromatic nitrogens is 14. The fourth-order valence-corrected chi connectivity index (χ4v) is 24.2. The van der Waals surface area contributed by atoms with Crippen molar-refractivity contribution >= 4 is 65.7 Å². The van der Waals surface area contributed by atoms with Crippen LogP contribution in [0.3, 0.4) is 0 Å². The molecule has 766 valence electrons. The van der Waals surface area contributed by atoms with Crippen LogP contribution in [0, 0.1) is 0 Å². The van der Waals surface area contributed by atoms with E-state index in [0.29, 0.717) is 0 Å². The third-order valence-corrected chi connectivity index (χ3v) is 30.5. The molecule has 0 bridgehead atoms. The van der Waals surface area contributed by atoms with E-state index in [1.165, 1.54) is 179 Å². The van der Waals surface area contributed by atoms with E-state index in [0.717, 1.165) is 317 Å². The van der Waals surface area contributed by atoms with Crippen LogP contribution in [0.15, 0.2) is 73.3 Å². The van der Waals surface area contributed by atoms with Gasteiger partial charge in [0.2, 0.25) is 0 Å². The first-order chi connectivity index (χ1) is 69.1. The normalized spacial score (nSPS) is 11.3.